The number of hydrogen-bond donors (Lipinski definition) is 0. The molecule has 1 aromatic rings. The molecule has 0 atom stereocenters. The molecule has 0 saturated heterocycles. The third-order valence-corrected chi connectivity index (χ3v) is 2.46. The zero-order valence-electron chi connectivity index (χ0n) is 8.11. The Kier molecular flexibility index (Phi) is 4.28. The van der Waals surface area contributed by atoms with Crippen LogP contribution in [-0.2, 0) is 0 Å². The highest BCUT2D eigenvalue weighted by Crippen LogP contribution is 2.07. The van der Waals surface area contributed by atoms with Crippen LogP contribution >= 0.6 is 23.1 Å². The van der Waals surface area contributed by atoms with Crippen molar-refractivity contribution in [2.75, 3.05) is 12.4 Å². The SMILES string of the molecule is CC(C)N(CCCl)C(=O)c1csnn1. The van der Waals surface area contributed by atoms with E-state index in [0.29, 0.717) is 18.1 Å². The molecule has 14 heavy (non-hydrogen) atoms. The smallest absolute Gasteiger partial charge is 0.275 e. The van der Waals surface area contributed by atoms with Gasteiger partial charge in [-0.05, 0) is 25.4 Å². The second-order valence-electron chi connectivity index (χ2n) is 3.07. The third kappa shape index (κ3) is 2.65. The zero-order chi connectivity index (χ0) is 10.6. The molecule has 0 aliphatic rings. The average Bonchev–Trinajstić information content (AvgIpc) is 2.65. The minimum Gasteiger partial charge on any atom is -0.334 e. The number of rotatable bonds is 4. The zero-order valence-corrected chi connectivity index (χ0v) is 9.68. The van der Waals surface area contributed by atoms with Gasteiger partial charge in [-0.2, -0.15) is 0 Å². The van der Waals surface area contributed by atoms with Crippen LogP contribution in [0.25, 0.3) is 0 Å². The first kappa shape index (κ1) is 11.4. The molecule has 0 saturated carbocycles. The fourth-order valence-corrected chi connectivity index (χ4v) is 1.70. The molecule has 0 N–H and O–H groups in total. The maximum atomic E-state index is 11.8. The second-order valence-corrected chi connectivity index (χ2v) is 4.06. The van der Waals surface area contributed by atoms with Crippen LogP contribution in [0, 0.1) is 0 Å². The van der Waals surface area contributed by atoms with Crippen LogP contribution in [0.3, 0.4) is 0 Å². The van der Waals surface area contributed by atoms with E-state index in [4.69, 9.17) is 11.6 Å². The maximum Gasteiger partial charge on any atom is 0.275 e. The van der Waals surface area contributed by atoms with Gasteiger partial charge in [0.05, 0.1) is 0 Å². The Morgan fingerprint density at radius 1 is 1.71 bits per heavy atom. The van der Waals surface area contributed by atoms with E-state index >= 15 is 0 Å². The molecule has 0 spiro atoms. The van der Waals surface area contributed by atoms with Crippen molar-refractivity contribution in [1.82, 2.24) is 14.5 Å². The monoisotopic (exact) mass is 233 g/mol. The Bertz CT molecular complexity index is 289. The van der Waals surface area contributed by atoms with E-state index in [-0.39, 0.29) is 11.9 Å². The van der Waals surface area contributed by atoms with Gasteiger partial charge in [0.25, 0.3) is 5.91 Å². The van der Waals surface area contributed by atoms with Gasteiger partial charge in [0.15, 0.2) is 5.69 Å². The first-order valence-electron chi connectivity index (χ1n) is 4.30. The largest absolute Gasteiger partial charge is 0.334 e. The molecule has 1 amide bonds. The maximum absolute atomic E-state index is 11.8. The van der Waals surface area contributed by atoms with Crippen molar-refractivity contribution in [2.24, 2.45) is 0 Å². The first-order valence-corrected chi connectivity index (χ1v) is 5.68. The van der Waals surface area contributed by atoms with E-state index in [1.54, 1.807) is 10.3 Å². The van der Waals surface area contributed by atoms with Gasteiger partial charge in [0.2, 0.25) is 0 Å². The van der Waals surface area contributed by atoms with Crippen molar-refractivity contribution in [3.63, 3.8) is 0 Å². The normalized spacial score (nSPS) is 10.6. The summed E-state index contributed by atoms with van der Waals surface area (Å²) in [7, 11) is 0. The molecule has 1 rings (SSSR count). The van der Waals surface area contributed by atoms with Crippen LogP contribution in [-0.4, -0.2) is 38.9 Å². The van der Waals surface area contributed by atoms with E-state index < -0.39 is 0 Å². The molecule has 0 aliphatic carbocycles. The predicted octanol–water partition coefficient (Wildman–Crippen LogP) is 1.63. The van der Waals surface area contributed by atoms with Crippen molar-refractivity contribution < 1.29 is 4.79 Å². The number of aromatic nitrogens is 2. The highest BCUT2D eigenvalue weighted by atomic mass is 35.5. The number of hydrogen-bond acceptors (Lipinski definition) is 4. The van der Waals surface area contributed by atoms with Crippen LogP contribution in [0.2, 0.25) is 0 Å². The lowest BCUT2D eigenvalue weighted by Crippen LogP contribution is -2.38. The van der Waals surface area contributed by atoms with E-state index in [1.807, 2.05) is 13.8 Å². The Balaban J connectivity index is 2.74. The summed E-state index contributed by atoms with van der Waals surface area (Å²) >= 11 is 6.79. The Morgan fingerprint density at radius 3 is 2.86 bits per heavy atom. The van der Waals surface area contributed by atoms with Gasteiger partial charge in [0.1, 0.15) is 0 Å². The molecule has 0 bridgehead atoms. The van der Waals surface area contributed by atoms with Gasteiger partial charge in [-0.15, -0.1) is 16.7 Å². The van der Waals surface area contributed by atoms with E-state index in [1.165, 1.54) is 11.5 Å². The average molecular weight is 234 g/mol. The van der Waals surface area contributed by atoms with E-state index in [9.17, 15) is 4.79 Å². The predicted molar refractivity (Wildman–Crippen MR) is 56.8 cm³/mol. The quantitative estimate of drug-likeness (QED) is 0.743. The number of carbonyl (C=O) groups is 1. The molecule has 1 aromatic heterocycles. The number of halogens is 1. The van der Waals surface area contributed by atoms with Gasteiger partial charge in [-0.3, -0.25) is 4.79 Å². The molecule has 78 valence electrons. The third-order valence-electron chi connectivity index (χ3n) is 1.79. The number of amides is 1. The molecular formula is C8H12ClN3OS. The lowest BCUT2D eigenvalue weighted by Gasteiger charge is -2.24. The molecule has 0 radical (unpaired) electrons. The second kappa shape index (κ2) is 5.26. The van der Waals surface area contributed by atoms with Gasteiger partial charge in [-0.25, -0.2) is 0 Å². The van der Waals surface area contributed by atoms with Gasteiger partial charge >= 0.3 is 0 Å². The fraction of sp³-hybridized carbons (Fsp3) is 0.625. The van der Waals surface area contributed by atoms with Gasteiger partial charge in [-0.1, -0.05) is 4.49 Å². The summed E-state index contributed by atoms with van der Waals surface area (Å²) in [5.41, 5.74) is 0.397. The van der Waals surface area contributed by atoms with Crippen molar-refractivity contribution in [3.8, 4) is 0 Å². The number of alkyl halides is 1. The Hall–Kier alpha value is -0.680. The molecule has 6 heteroatoms. The molecule has 0 unspecified atom stereocenters. The highest BCUT2D eigenvalue weighted by molar-refractivity contribution is 7.03. The van der Waals surface area contributed by atoms with Crippen LogP contribution in [0.4, 0.5) is 0 Å². The van der Waals surface area contributed by atoms with Crippen molar-refractivity contribution in [2.45, 2.75) is 19.9 Å². The lowest BCUT2D eigenvalue weighted by atomic mass is 10.3. The summed E-state index contributed by atoms with van der Waals surface area (Å²) in [6, 6.07) is 0.128. The fourth-order valence-electron chi connectivity index (χ4n) is 1.09. The summed E-state index contributed by atoms with van der Waals surface area (Å²) in [6.07, 6.45) is 0. The highest BCUT2D eigenvalue weighted by Gasteiger charge is 2.19. The minimum absolute atomic E-state index is 0.102. The van der Waals surface area contributed by atoms with Crippen LogP contribution in [0.5, 0.6) is 0 Å². The lowest BCUT2D eigenvalue weighted by molar-refractivity contribution is 0.0712. The molecular weight excluding hydrogens is 222 g/mol. The molecule has 4 nitrogen and oxygen atoms in total. The van der Waals surface area contributed by atoms with Crippen molar-refractivity contribution in [3.05, 3.63) is 11.1 Å². The van der Waals surface area contributed by atoms with E-state index in [0.717, 1.165) is 0 Å². The minimum atomic E-state index is -0.102. The standard InChI is InChI=1S/C8H12ClN3OS/c1-6(2)12(4-3-9)8(13)7-5-14-11-10-7/h5-6H,3-4H2,1-2H3. The summed E-state index contributed by atoms with van der Waals surface area (Å²) in [4.78, 5) is 13.5. The summed E-state index contributed by atoms with van der Waals surface area (Å²) in [5.74, 6) is 0.330. The number of nitrogens with zero attached hydrogens (tertiary/aromatic N) is 3. The molecule has 0 fully saturated rings. The first-order chi connectivity index (χ1) is 6.66. The Morgan fingerprint density at radius 2 is 2.43 bits per heavy atom. The van der Waals surface area contributed by atoms with Crippen LogP contribution in [0.1, 0.15) is 24.3 Å². The van der Waals surface area contributed by atoms with Crippen molar-refractivity contribution >= 4 is 29.0 Å². The van der Waals surface area contributed by atoms with Crippen LogP contribution < -0.4 is 0 Å². The molecule has 0 aliphatic heterocycles. The molecule has 1 heterocycles. The van der Waals surface area contributed by atoms with Crippen LogP contribution in [0.15, 0.2) is 5.38 Å². The molecule has 0 aromatic carbocycles. The van der Waals surface area contributed by atoms with Crippen molar-refractivity contribution in [1.29, 1.82) is 0 Å². The summed E-state index contributed by atoms with van der Waals surface area (Å²) < 4.78 is 3.66. The van der Waals surface area contributed by atoms with E-state index in [2.05, 4.69) is 9.59 Å². The van der Waals surface area contributed by atoms with Gasteiger partial charge in [0, 0.05) is 23.8 Å². The Labute approximate surface area is 92.0 Å². The van der Waals surface area contributed by atoms with Gasteiger partial charge < -0.3 is 4.90 Å². The summed E-state index contributed by atoms with van der Waals surface area (Å²) in [6.45, 7) is 4.43. The topological polar surface area (TPSA) is 46.1 Å². The summed E-state index contributed by atoms with van der Waals surface area (Å²) in [5, 5.41) is 5.38. The number of carbonyl (C=O) groups excluding carboxylic acids is 1.